The minimum absolute atomic E-state index is 0.0375. The number of rotatable bonds is 0. The summed E-state index contributed by atoms with van der Waals surface area (Å²) in [7, 11) is 0. The van der Waals surface area contributed by atoms with Crippen molar-refractivity contribution in [1.82, 2.24) is 0 Å². The van der Waals surface area contributed by atoms with Crippen molar-refractivity contribution in [3.05, 3.63) is 53.6 Å². The van der Waals surface area contributed by atoms with E-state index in [4.69, 9.17) is 4.74 Å². The van der Waals surface area contributed by atoms with Crippen LogP contribution in [0.4, 0.5) is 0 Å². The monoisotopic (exact) mass is 388 g/mol. The van der Waals surface area contributed by atoms with Gasteiger partial charge in [0.1, 0.15) is 17.4 Å². The molecule has 3 aliphatic rings. The summed E-state index contributed by atoms with van der Waals surface area (Å²) < 4.78 is 5.73. The lowest BCUT2D eigenvalue weighted by Gasteiger charge is -2.43. The highest BCUT2D eigenvalue weighted by atomic mass is 32.2. The summed E-state index contributed by atoms with van der Waals surface area (Å²) in [6.07, 6.45) is 4.73. The van der Waals surface area contributed by atoms with E-state index in [1.54, 1.807) is 11.8 Å². The van der Waals surface area contributed by atoms with Crippen molar-refractivity contribution in [2.24, 2.45) is 5.41 Å². The molecule has 0 saturated heterocycles. The van der Waals surface area contributed by atoms with Gasteiger partial charge in [-0.25, -0.2) is 0 Å². The molecule has 2 nitrogen and oxygen atoms in total. The zero-order valence-electron chi connectivity index (χ0n) is 16.3. The van der Waals surface area contributed by atoms with E-state index in [0.29, 0.717) is 17.1 Å². The van der Waals surface area contributed by atoms with Crippen molar-refractivity contribution in [3.8, 4) is 22.6 Å². The third-order valence-electron chi connectivity index (χ3n) is 7.29. The van der Waals surface area contributed by atoms with Crippen LogP contribution in [0, 0.1) is 5.41 Å². The zero-order valence-corrected chi connectivity index (χ0v) is 17.2. The van der Waals surface area contributed by atoms with Crippen LogP contribution in [0.15, 0.2) is 47.4 Å². The smallest absolute Gasteiger partial charge is 0.138 e. The Labute approximate surface area is 169 Å². The number of benzene rings is 3. The maximum atomic E-state index is 11.0. The van der Waals surface area contributed by atoms with E-state index in [0.717, 1.165) is 24.0 Å². The van der Waals surface area contributed by atoms with Gasteiger partial charge in [0.05, 0.1) is 4.90 Å². The first-order chi connectivity index (χ1) is 13.5. The van der Waals surface area contributed by atoms with Gasteiger partial charge >= 0.3 is 0 Å². The predicted molar refractivity (Wildman–Crippen MR) is 115 cm³/mol. The normalized spacial score (nSPS) is 20.6. The van der Waals surface area contributed by atoms with Gasteiger partial charge in [0.15, 0.2) is 0 Å². The van der Waals surface area contributed by atoms with Gasteiger partial charge in [0.2, 0.25) is 0 Å². The average molecular weight is 389 g/mol. The third-order valence-corrected chi connectivity index (χ3v) is 8.16. The molecule has 1 N–H and O–H groups in total. The van der Waals surface area contributed by atoms with Crippen molar-refractivity contribution in [3.63, 3.8) is 0 Å². The van der Waals surface area contributed by atoms with Crippen molar-refractivity contribution in [2.45, 2.75) is 49.8 Å². The van der Waals surface area contributed by atoms with Crippen LogP contribution in [0.2, 0.25) is 0 Å². The van der Waals surface area contributed by atoms with Crippen molar-refractivity contribution in [2.75, 3.05) is 5.94 Å². The van der Waals surface area contributed by atoms with Crippen molar-refractivity contribution < 1.29 is 9.84 Å². The van der Waals surface area contributed by atoms with Crippen LogP contribution in [0.5, 0.6) is 11.5 Å². The van der Waals surface area contributed by atoms with E-state index >= 15 is 0 Å². The second-order valence-corrected chi connectivity index (χ2v) is 10.3. The van der Waals surface area contributed by atoms with E-state index in [2.05, 4.69) is 50.2 Å². The van der Waals surface area contributed by atoms with Crippen molar-refractivity contribution >= 4 is 22.5 Å². The number of fused-ring (bicyclic) bond motifs is 8. The Morgan fingerprint density at radius 3 is 2.54 bits per heavy atom. The van der Waals surface area contributed by atoms with Gasteiger partial charge in [-0.2, -0.15) is 0 Å². The molecule has 3 aromatic rings. The lowest BCUT2D eigenvalue weighted by Crippen LogP contribution is -2.34. The fraction of sp³-hybridized carbons (Fsp3) is 0.360. The fourth-order valence-corrected chi connectivity index (χ4v) is 6.39. The van der Waals surface area contributed by atoms with Crippen LogP contribution >= 0.6 is 11.8 Å². The fourth-order valence-electron chi connectivity index (χ4n) is 5.62. The molecule has 28 heavy (non-hydrogen) atoms. The first-order valence-corrected chi connectivity index (χ1v) is 11.2. The molecule has 142 valence electrons. The lowest BCUT2D eigenvalue weighted by atomic mass is 9.61. The average Bonchev–Trinajstić information content (AvgIpc) is 3.24. The molecule has 0 radical (unpaired) electrons. The molecule has 1 saturated carbocycles. The Balaban J connectivity index is 1.68. The molecule has 0 atom stereocenters. The Morgan fingerprint density at radius 1 is 0.929 bits per heavy atom. The Bertz CT molecular complexity index is 1130. The Kier molecular flexibility index (Phi) is 3.28. The van der Waals surface area contributed by atoms with Gasteiger partial charge in [0, 0.05) is 10.8 Å². The molecular weight excluding hydrogens is 364 g/mol. The molecule has 3 heteroatoms. The highest BCUT2D eigenvalue weighted by molar-refractivity contribution is 7.99. The van der Waals surface area contributed by atoms with E-state index in [9.17, 15) is 5.11 Å². The van der Waals surface area contributed by atoms with Gasteiger partial charge in [-0.3, -0.25) is 0 Å². The van der Waals surface area contributed by atoms with Crippen LogP contribution in [-0.2, 0) is 5.41 Å². The van der Waals surface area contributed by atoms with Gasteiger partial charge in [0.25, 0.3) is 0 Å². The first kappa shape index (κ1) is 16.8. The number of ether oxygens (including phenoxy) is 1. The quantitative estimate of drug-likeness (QED) is 0.456. The summed E-state index contributed by atoms with van der Waals surface area (Å²) in [6, 6.07) is 15.2. The summed E-state index contributed by atoms with van der Waals surface area (Å²) in [5.74, 6) is 1.94. The summed E-state index contributed by atoms with van der Waals surface area (Å²) in [4.78, 5) is 1.18. The molecule has 0 bridgehead atoms. The van der Waals surface area contributed by atoms with E-state index < -0.39 is 0 Å². The molecule has 0 unspecified atom stereocenters. The minimum Gasteiger partial charge on any atom is -0.507 e. The number of hydrogen-bond acceptors (Lipinski definition) is 3. The molecule has 0 aromatic heterocycles. The molecule has 0 amide bonds. The molecule has 1 heterocycles. The number of thioether (sulfide) groups is 1. The summed E-state index contributed by atoms with van der Waals surface area (Å²) in [6.45, 7) is 4.78. The number of phenolic OH excluding ortho intramolecular Hbond substituents is 1. The molecule has 3 aromatic carbocycles. The summed E-state index contributed by atoms with van der Waals surface area (Å²) in [5, 5.41) is 13.1. The van der Waals surface area contributed by atoms with Gasteiger partial charge in [-0.05, 0) is 76.9 Å². The molecule has 2 aliphatic carbocycles. The Hall–Kier alpha value is -2.13. The predicted octanol–water partition coefficient (Wildman–Crippen LogP) is 6.85. The van der Waals surface area contributed by atoms with Crippen LogP contribution in [0.1, 0.15) is 50.7 Å². The molecule has 1 aliphatic heterocycles. The second kappa shape index (κ2) is 5.48. The van der Waals surface area contributed by atoms with Crippen LogP contribution in [-0.4, -0.2) is 11.0 Å². The minimum atomic E-state index is 0.0375. The maximum absolute atomic E-state index is 11.0. The first-order valence-electron chi connectivity index (χ1n) is 10.2. The van der Waals surface area contributed by atoms with Crippen molar-refractivity contribution in [1.29, 1.82) is 0 Å². The largest absolute Gasteiger partial charge is 0.507 e. The topological polar surface area (TPSA) is 29.5 Å². The van der Waals surface area contributed by atoms with E-state index in [1.165, 1.54) is 45.4 Å². The summed E-state index contributed by atoms with van der Waals surface area (Å²) in [5.41, 5.74) is 5.91. The zero-order chi connectivity index (χ0) is 19.1. The molecular formula is C25H24O2S. The van der Waals surface area contributed by atoms with Crippen LogP contribution in [0.25, 0.3) is 21.9 Å². The highest BCUT2D eigenvalue weighted by Crippen LogP contribution is 2.61. The van der Waals surface area contributed by atoms with E-state index in [1.807, 2.05) is 6.07 Å². The Morgan fingerprint density at radius 2 is 1.71 bits per heavy atom. The van der Waals surface area contributed by atoms with Gasteiger partial charge in [-0.1, -0.05) is 49.9 Å². The van der Waals surface area contributed by atoms with Crippen LogP contribution in [0.3, 0.4) is 0 Å². The second-order valence-electron chi connectivity index (χ2n) is 9.36. The standard InChI is InChI=1S/C25H24O2S/c1-24(2)7-9-25(10-8-24)18-6-4-3-5-15(18)23-17-12-22-21(27-14-28-22)11-16(17)20(26)13-19(23)25/h3-6,11-13,26H,7-10,14H2,1-2H3. The van der Waals surface area contributed by atoms with Gasteiger partial charge < -0.3 is 9.84 Å². The lowest BCUT2D eigenvalue weighted by molar-refractivity contribution is 0.187. The highest BCUT2D eigenvalue weighted by Gasteiger charge is 2.47. The third kappa shape index (κ3) is 2.11. The number of hydrogen-bond donors (Lipinski definition) is 1. The number of aromatic hydroxyl groups is 1. The van der Waals surface area contributed by atoms with Crippen LogP contribution < -0.4 is 4.74 Å². The number of phenols is 1. The SMILES string of the molecule is CC1(C)CCC2(CC1)c1ccccc1-c1c2cc(O)c2cc3c(cc12)SCO3. The van der Waals surface area contributed by atoms with Gasteiger partial charge in [-0.15, -0.1) is 0 Å². The molecule has 1 fully saturated rings. The maximum Gasteiger partial charge on any atom is 0.138 e. The summed E-state index contributed by atoms with van der Waals surface area (Å²) >= 11 is 1.74. The molecule has 1 spiro atoms. The van der Waals surface area contributed by atoms with E-state index in [-0.39, 0.29) is 5.41 Å². The molecule has 6 rings (SSSR count).